The zero-order chi connectivity index (χ0) is 15.9. The van der Waals surface area contributed by atoms with Crippen LogP contribution in [0.5, 0.6) is 5.75 Å². The predicted molar refractivity (Wildman–Crippen MR) is 91.6 cm³/mol. The highest BCUT2D eigenvalue weighted by atomic mass is 79.9. The minimum absolute atomic E-state index is 0.103. The Morgan fingerprint density at radius 2 is 2.18 bits per heavy atom. The number of carbonyl (C=O) groups excluding carboxylic acids is 1. The van der Waals surface area contributed by atoms with Crippen LogP contribution in [-0.2, 0) is 4.79 Å². The molecule has 0 aliphatic rings. The Balaban J connectivity index is 1.81. The smallest absolute Gasteiger partial charge is 0.277 e. The van der Waals surface area contributed by atoms with Gasteiger partial charge in [0.2, 0.25) is 0 Å². The van der Waals surface area contributed by atoms with E-state index in [4.69, 9.17) is 16.3 Å². The molecular formula is C16H14BrClN2O2. The summed E-state index contributed by atoms with van der Waals surface area (Å²) >= 11 is 9.26. The van der Waals surface area contributed by atoms with Crippen LogP contribution >= 0.6 is 27.5 Å². The topological polar surface area (TPSA) is 50.7 Å². The standard InChI is InChI=1S/C16H14BrClN2O2/c1-11-7-14(5-6-15(11)17)22-10-16(21)20-19-9-12-3-2-4-13(18)8-12/h2-9H,10H2,1H3,(H,20,21)/b19-9+. The molecule has 0 unspecified atom stereocenters. The van der Waals surface area contributed by atoms with Crippen molar-refractivity contribution in [2.45, 2.75) is 6.92 Å². The molecule has 1 amide bonds. The van der Waals surface area contributed by atoms with Crippen LogP contribution in [0.25, 0.3) is 0 Å². The molecule has 0 aromatic heterocycles. The summed E-state index contributed by atoms with van der Waals surface area (Å²) in [7, 11) is 0. The van der Waals surface area contributed by atoms with Gasteiger partial charge in [0, 0.05) is 9.50 Å². The Labute approximate surface area is 142 Å². The highest BCUT2D eigenvalue weighted by Gasteiger charge is 2.03. The van der Waals surface area contributed by atoms with Crippen LogP contribution in [-0.4, -0.2) is 18.7 Å². The van der Waals surface area contributed by atoms with Gasteiger partial charge in [-0.05, 0) is 48.4 Å². The molecule has 0 aliphatic heterocycles. The Morgan fingerprint density at radius 3 is 2.91 bits per heavy atom. The summed E-state index contributed by atoms with van der Waals surface area (Å²) in [6, 6.07) is 12.7. The van der Waals surface area contributed by atoms with Gasteiger partial charge < -0.3 is 4.74 Å². The molecule has 0 bridgehead atoms. The van der Waals surface area contributed by atoms with Crippen molar-refractivity contribution in [3.63, 3.8) is 0 Å². The molecule has 0 aliphatic carbocycles. The van der Waals surface area contributed by atoms with Gasteiger partial charge in [-0.25, -0.2) is 5.43 Å². The largest absolute Gasteiger partial charge is 0.484 e. The molecule has 0 saturated heterocycles. The Hall–Kier alpha value is -1.85. The van der Waals surface area contributed by atoms with Crippen LogP contribution in [0.1, 0.15) is 11.1 Å². The van der Waals surface area contributed by atoms with Gasteiger partial charge >= 0.3 is 0 Å². The number of hydrazone groups is 1. The van der Waals surface area contributed by atoms with Crippen LogP contribution in [0.4, 0.5) is 0 Å². The summed E-state index contributed by atoms with van der Waals surface area (Å²) in [5.74, 6) is 0.300. The third-order valence-corrected chi connectivity index (χ3v) is 3.88. The molecule has 6 heteroatoms. The third-order valence-electron chi connectivity index (χ3n) is 2.75. The van der Waals surface area contributed by atoms with Gasteiger partial charge in [0.25, 0.3) is 5.91 Å². The maximum atomic E-state index is 11.6. The van der Waals surface area contributed by atoms with Crippen molar-refractivity contribution in [1.29, 1.82) is 0 Å². The lowest BCUT2D eigenvalue weighted by molar-refractivity contribution is -0.123. The maximum absolute atomic E-state index is 11.6. The van der Waals surface area contributed by atoms with E-state index in [2.05, 4.69) is 26.5 Å². The lowest BCUT2D eigenvalue weighted by atomic mass is 10.2. The molecule has 0 heterocycles. The molecule has 0 fully saturated rings. The predicted octanol–water partition coefficient (Wildman–Crippen LogP) is 3.94. The molecule has 2 aromatic rings. The molecule has 4 nitrogen and oxygen atoms in total. The number of hydrogen-bond acceptors (Lipinski definition) is 3. The van der Waals surface area contributed by atoms with E-state index in [9.17, 15) is 4.79 Å². The highest BCUT2D eigenvalue weighted by molar-refractivity contribution is 9.10. The van der Waals surface area contributed by atoms with E-state index >= 15 is 0 Å². The average Bonchev–Trinajstić information content (AvgIpc) is 2.48. The van der Waals surface area contributed by atoms with Crippen molar-refractivity contribution >= 4 is 39.7 Å². The molecule has 1 N–H and O–H groups in total. The van der Waals surface area contributed by atoms with Gasteiger partial charge in [-0.3, -0.25) is 4.79 Å². The Kier molecular flexibility index (Phi) is 5.98. The molecule has 114 valence electrons. The summed E-state index contributed by atoms with van der Waals surface area (Å²) in [5, 5.41) is 4.47. The van der Waals surface area contributed by atoms with Crippen molar-refractivity contribution in [1.82, 2.24) is 5.43 Å². The second-order valence-corrected chi connectivity index (χ2v) is 5.84. The van der Waals surface area contributed by atoms with Crippen molar-refractivity contribution in [2.75, 3.05) is 6.61 Å². The molecular weight excluding hydrogens is 368 g/mol. The highest BCUT2D eigenvalue weighted by Crippen LogP contribution is 2.21. The normalized spacial score (nSPS) is 10.7. The number of carbonyl (C=O) groups is 1. The molecule has 0 saturated carbocycles. The molecule has 0 spiro atoms. The van der Waals surface area contributed by atoms with Gasteiger partial charge in [-0.2, -0.15) is 5.10 Å². The molecule has 2 aromatic carbocycles. The number of hydrogen-bond donors (Lipinski definition) is 1. The number of nitrogens with zero attached hydrogens (tertiary/aromatic N) is 1. The fourth-order valence-electron chi connectivity index (χ4n) is 1.65. The van der Waals surface area contributed by atoms with Crippen LogP contribution in [0.3, 0.4) is 0 Å². The van der Waals surface area contributed by atoms with Crippen molar-refractivity contribution in [2.24, 2.45) is 5.10 Å². The van der Waals surface area contributed by atoms with Gasteiger partial charge in [-0.15, -0.1) is 0 Å². The number of benzene rings is 2. The third kappa shape index (κ3) is 5.16. The summed E-state index contributed by atoms with van der Waals surface area (Å²) in [6.45, 7) is 1.85. The van der Waals surface area contributed by atoms with Crippen LogP contribution < -0.4 is 10.2 Å². The quantitative estimate of drug-likeness (QED) is 0.630. The summed E-state index contributed by atoms with van der Waals surface area (Å²) in [4.78, 5) is 11.6. The second kappa shape index (κ2) is 7.96. The van der Waals surface area contributed by atoms with Crippen LogP contribution in [0.2, 0.25) is 5.02 Å². The fraction of sp³-hybridized carbons (Fsp3) is 0.125. The maximum Gasteiger partial charge on any atom is 0.277 e. The summed E-state index contributed by atoms with van der Waals surface area (Å²) in [5.41, 5.74) is 4.24. The number of aryl methyl sites for hydroxylation is 1. The first kappa shape index (κ1) is 16.5. The SMILES string of the molecule is Cc1cc(OCC(=O)N/N=C/c2cccc(Cl)c2)ccc1Br. The van der Waals surface area contributed by atoms with Crippen molar-refractivity contribution in [3.05, 3.63) is 63.1 Å². The van der Waals surface area contributed by atoms with E-state index < -0.39 is 0 Å². The van der Waals surface area contributed by atoms with E-state index in [0.29, 0.717) is 10.8 Å². The first-order valence-corrected chi connectivity index (χ1v) is 7.68. The number of amides is 1. The number of halogens is 2. The Bertz CT molecular complexity index is 704. The summed E-state index contributed by atoms with van der Waals surface area (Å²) in [6.07, 6.45) is 1.52. The molecule has 2 rings (SSSR count). The molecule has 0 radical (unpaired) electrons. The van der Waals surface area contributed by atoms with Gasteiger partial charge in [0.1, 0.15) is 5.75 Å². The molecule has 22 heavy (non-hydrogen) atoms. The van der Waals surface area contributed by atoms with E-state index in [0.717, 1.165) is 15.6 Å². The van der Waals surface area contributed by atoms with Crippen LogP contribution in [0, 0.1) is 6.92 Å². The fourth-order valence-corrected chi connectivity index (χ4v) is 2.10. The number of nitrogens with one attached hydrogen (secondary N) is 1. The number of ether oxygens (including phenoxy) is 1. The van der Waals surface area contributed by atoms with Gasteiger partial charge in [0.15, 0.2) is 6.61 Å². The monoisotopic (exact) mass is 380 g/mol. The van der Waals surface area contributed by atoms with E-state index in [-0.39, 0.29) is 12.5 Å². The first-order valence-electron chi connectivity index (χ1n) is 6.51. The lowest BCUT2D eigenvalue weighted by Crippen LogP contribution is -2.24. The van der Waals surface area contributed by atoms with Crippen molar-refractivity contribution < 1.29 is 9.53 Å². The number of rotatable bonds is 5. The van der Waals surface area contributed by atoms with E-state index in [1.165, 1.54) is 6.21 Å². The Morgan fingerprint density at radius 1 is 1.36 bits per heavy atom. The molecule has 0 atom stereocenters. The minimum atomic E-state index is -0.334. The average molecular weight is 382 g/mol. The van der Waals surface area contributed by atoms with Crippen LogP contribution in [0.15, 0.2) is 52.0 Å². The van der Waals surface area contributed by atoms with E-state index in [1.807, 2.05) is 31.2 Å². The zero-order valence-electron chi connectivity index (χ0n) is 11.8. The summed E-state index contributed by atoms with van der Waals surface area (Å²) < 4.78 is 6.39. The first-order chi connectivity index (χ1) is 10.5. The minimum Gasteiger partial charge on any atom is -0.484 e. The van der Waals surface area contributed by atoms with Gasteiger partial charge in [-0.1, -0.05) is 39.7 Å². The van der Waals surface area contributed by atoms with Crippen molar-refractivity contribution in [3.8, 4) is 5.75 Å². The van der Waals surface area contributed by atoms with Gasteiger partial charge in [0.05, 0.1) is 6.21 Å². The van der Waals surface area contributed by atoms with E-state index in [1.54, 1.807) is 18.2 Å². The zero-order valence-corrected chi connectivity index (χ0v) is 14.2. The second-order valence-electron chi connectivity index (χ2n) is 4.55. The lowest BCUT2D eigenvalue weighted by Gasteiger charge is -2.06.